The van der Waals surface area contributed by atoms with E-state index in [9.17, 15) is 8.42 Å². The number of hydrogen-bond donors (Lipinski definition) is 2. The third-order valence-electron chi connectivity index (χ3n) is 3.39. The van der Waals surface area contributed by atoms with Gasteiger partial charge in [0.05, 0.1) is 16.3 Å². The van der Waals surface area contributed by atoms with Crippen LogP contribution in [0, 0.1) is 5.92 Å². The molecule has 0 radical (unpaired) electrons. The maximum absolute atomic E-state index is 12.0. The van der Waals surface area contributed by atoms with Crippen LogP contribution >= 0.6 is 0 Å². The van der Waals surface area contributed by atoms with Crippen molar-refractivity contribution < 1.29 is 8.42 Å². The molecule has 0 saturated heterocycles. The van der Waals surface area contributed by atoms with E-state index in [1.54, 1.807) is 19.1 Å². The van der Waals surface area contributed by atoms with Gasteiger partial charge in [0, 0.05) is 12.6 Å². The molecule has 1 aliphatic rings. The lowest BCUT2D eigenvalue weighted by Gasteiger charge is -2.19. The lowest BCUT2D eigenvalue weighted by molar-refractivity contribution is 0.596. The van der Waals surface area contributed by atoms with Crippen LogP contribution in [-0.2, 0) is 9.84 Å². The molecule has 1 aromatic carbocycles. The van der Waals surface area contributed by atoms with Crippen molar-refractivity contribution in [3.63, 3.8) is 0 Å². The fraction of sp³-hybridized carbons (Fsp3) is 0.538. The molecule has 5 heteroatoms. The smallest absolute Gasteiger partial charge is 0.180 e. The molecule has 1 aromatic rings. The van der Waals surface area contributed by atoms with Crippen LogP contribution in [0.1, 0.15) is 19.8 Å². The summed E-state index contributed by atoms with van der Waals surface area (Å²) in [7, 11) is -3.19. The van der Waals surface area contributed by atoms with E-state index in [4.69, 9.17) is 5.73 Å². The molecule has 0 aromatic heterocycles. The zero-order valence-corrected chi connectivity index (χ0v) is 11.4. The van der Waals surface area contributed by atoms with E-state index in [0.29, 0.717) is 23.0 Å². The summed E-state index contributed by atoms with van der Waals surface area (Å²) in [4.78, 5) is 0.381. The van der Waals surface area contributed by atoms with Crippen LogP contribution < -0.4 is 11.1 Å². The van der Waals surface area contributed by atoms with Gasteiger partial charge in [-0.25, -0.2) is 8.42 Å². The zero-order valence-electron chi connectivity index (χ0n) is 10.6. The second-order valence-corrected chi connectivity index (χ2v) is 6.97. The minimum atomic E-state index is -3.19. The fourth-order valence-electron chi connectivity index (χ4n) is 2.08. The van der Waals surface area contributed by atoms with Gasteiger partial charge in [0.25, 0.3) is 0 Å². The van der Waals surface area contributed by atoms with Gasteiger partial charge in [-0.05, 0) is 30.9 Å². The molecular formula is C13H20N2O2S. The Balaban J connectivity index is 2.27. The van der Waals surface area contributed by atoms with Crippen LogP contribution in [0.3, 0.4) is 0 Å². The largest absolute Gasteiger partial charge is 0.380 e. The SMILES string of the molecule is CCS(=O)(=O)c1ccccc1NC(CN)C1CC1. The third-order valence-corrected chi connectivity index (χ3v) is 5.17. The van der Waals surface area contributed by atoms with E-state index >= 15 is 0 Å². The molecule has 1 aliphatic carbocycles. The molecule has 1 atom stereocenters. The molecule has 0 heterocycles. The van der Waals surface area contributed by atoms with Crippen LogP contribution in [-0.4, -0.2) is 26.8 Å². The Hall–Kier alpha value is -1.07. The summed E-state index contributed by atoms with van der Waals surface area (Å²) in [6.07, 6.45) is 2.36. The molecule has 4 nitrogen and oxygen atoms in total. The van der Waals surface area contributed by atoms with Gasteiger partial charge in [-0.1, -0.05) is 19.1 Å². The number of nitrogens with two attached hydrogens (primary N) is 1. The highest BCUT2D eigenvalue weighted by molar-refractivity contribution is 7.91. The Kier molecular flexibility index (Phi) is 3.92. The fourth-order valence-corrected chi connectivity index (χ4v) is 3.14. The van der Waals surface area contributed by atoms with Gasteiger partial charge in [-0.15, -0.1) is 0 Å². The van der Waals surface area contributed by atoms with Crippen molar-refractivity contribution in [3.8, 4) is 0 Å². The maximum atomic E-state index is 12.0. The average Bonchev–Trinajstić information content (AvgIpc) is 3.20. The first-order valence-corrected chi connectivity index (χ1v) is 8.02. The van der Waals surface area contributed by atoms with Gasteiger partial charge in [0.2, 0.25) is 0 Å². The van der Waals surface area contributed by atoms with Gasteiger partial charge >= 0.3 is 0 Å². The van der Waals surface area contributed by atoms with Crippen molar-refractivity contribution in [2.75, 3.05) is 17.6 Å². The van der Waals surface area contributed by atoms with E-state index in [1.165, 1.54) is 12.8 Å². The standard InChI is InChI=1S/C13H20N2O2S/c1-2-18(16,17)13-6-4-3-5-11(13)15-12(9-14)10-7-8-10/h3-6,10,12,15H,2,7-9,14H2,1H3. The molecule has 1 fully saturated rings. The summed E-state index contributed by atoms with van der Waals surface area (Å²) in [5.41, 5.74) is 6.42. The van der Waals surface area contributed by atoms with Gasteiger partial charge in [0.1, 0.15) is 0 Å². The predicted molar refractivity (Wildman–Crippen MR) is 73.4 cm³/mol. The molecule has 0 amide bonds. The number of benzene rings is 1. The minimum Gasteiger partial charge on any atom is -0.380 e. The van der Waals surface area contributed by atoms with Crippen molar-refractivity contribution in [2.45, 2.75) is 30.7 Å². The maximum Gasteiger partial charge on any atom is 0.180 e. The summed E-state index contributed by atoms with van der Waals surface area (Å²) >= 11 is 0. The number of sulfone groups is 1. The molecular weight excluding hydrogens is 248 g/mol. The van der Waals surface area contributed by atoms with Gasteiger partial charge in [-0.3, -0.25) is 0 Å². The average molecular weight is 268 g/mol. The predicted octanol–water partition coefficient (Wildman–Crippen LogP) is 1.63. The highest BCUT2D eigenvalue weighted by atomic mass is 32.2. The summed E-state index contributed by atoms with van der Waals surface area (Å²) in [6.45, 7) is 2.19. The van der Waals surface area contributed by atoms with E-state index in [-0.39, 0.29) is 11.8 Å². The molecule has 1 unspecified atom stereocenters. The first-order chi connectivity index (χ1) is 8.58. The van der Waals surface area contributed by atoms with E-state index in [1.807, 2.05) is 12.1 Å². The number of rotatable bonds is 6. The Morgan fingerprint density at radius 2 is 2.06 bits per heavy atom. The highest BCUT2D eigenvalue weighted by Gasteiger charge is 2.31. The van der Waals surface area contributed by atoms with Crippen molar-refractivity contribution in [2.24, 2.45) is 11.7 Å². The molecule has 18 heavy (non-hydrogen) atoms. The monoisotopic (exact) mass is 268 g/mol. The minimum absolute atomic E-state index is 0.114. The normalized spacial score (nSPS) is 17.4. The molecule has 1 saturated carbocycles. The molecule has 100 valence electrons. The van der Waals surface area contributed by atoms with Crippen molar-refractivity contribution in [3.05, 3.63) is 24.3 Å². The summed E-state index contributed by atoms with van der Waals surface area (Å²) in [5, 5.41) is 3.30. The Morgan fingerprint density at radius 3 is 2.61 bits per heavy atom. The van der Waals surface area contributed by atoms with Gasteiger partial charge in [0.15, 0.2) is 9.84 Å². The quantitative estimate of drug-likeness (QED) is 0.822. The van der Waals surface area contributed by atoms with Crippen molar-refractivity contribution >= 4 is 15.5 Å². The third kappa shape index (κ3) is 2.84. The van der Waals surface area contributed by atoms with Gasteiger partial charge in [-0.2, -0.15) is 0 Å². The van der Waals surface area contributed by atoms with Crippen LogP contribution in [0.5, 0.6) is 0 Å². The lowest BCUT2D eigenvalue weighted by Crippen LogP contribution is -2.31. The highest BCUT2D eigenvalue weighted by Crippen LogP contribution is 2.34. The lowest BCUT2D eigenvalue weighted by atomic mass is 10.1. The topological polar surface area (TPSA) is 72.2 Å². The van der Waals surface area contributed by atoms with Gasteiger partial charge < -0.3 is 11.1 Å². The van der Waals surface area contributed by atoms with E-state index in [2.05, 4.69) is 5.32 Å². The van der Waals surface area contributed by atoms with Crippen LogP contribution in [0.2, 0.25) is 0 Å². The van der Waals surface area contributed by atoms with E-state index in [0.717, 1.165) is 0 Å². The Labute approximate surface area is 108 Å². The number of para-hydroxylation sites is 1. The zero-order chi connectivity index (χ0) is 13.2. The molecule has 0 bridgehead atoms. The first kappa shape index (κ1) is 13.4. The van der Waals surface area contributed by atoms with Crippen molar-refractivity contribution in [1.29, 1.82) is 0 Å². The molecule has 0 spiro atoms. The van der Waals surface area contributed by atoms with E-state index < -0.39 is 9.84 Å². The number of anilines is 1. The number of nitrogens with one attached hydrogen (secondary N) is 1. The van der Waals surface area contributed by atoms with Crippen LogP contribution in [0.4, 0.5) is 5.69 Å². The number of hydrogen-bond acceptors (Lipinski definition) is 4. The Morgan fingerprint density at radius 1 is 1.39 bits per heavy atom. The summed E-state index contributed by atoms with van der Waals surface area (Å²) in [5.74, 6) is 0.704. The summed E-state index contributed by atoms with van der Waals surface area (Å²) in [6, 6.07) is 7.24. The van der Waals surface area contributed by atoms with Crippen molar-refractivity contribution in [1.82, 2.24) is 0 Å². The second kappa shape index (κ2) is 5.28. The molecule has 2 rings (SSSR count). The molecule has 3 N–H and O–H groups in total. The summed E-state index contributed by atoms with van der Waals surface area (Å²) < 4.78 is 24.0. The Bertz CT molecular complexity index is 509. The second-order valence-electron chi connectivity index (χ2n) is 4.72. The van der Waals surface area contributed by atoms with Crippen LogP contribution in [0.25, 0.3) is 0 Å². The molecule has 0 aliphatic heterocycles. The van der Waals surface area contributed by atoms with Crippen LogP contribution in [0.15, 0.2) is 29.2 Å². The first-order valence-electron chi connectivity index (χ1n) is 6.37.